The van der Waals surface area contributed by atoms with Crippen LogP contribution in [0, 0.1) is 0 Å². The number of halogens is 2. The summed E-state index contributed by atoms with van der Waals surface area (Å²) < 4.78 is 2.14. The highest BCUT2D eigenvalue weighted by molar-refractivity contribution is 6.35. The Kier molecular flexibility index (Phi) is 5.84. The van der Waals surface area contributed by atoms with E-state index in [1.165, 1.54) is 0 Å². The molecule has 0 aliphatic rings. The second kappa shape index (κ2) is 8.68. The smallest absolute Gasteiger partial charge is 0.251 e. The van der Waals surface area contributed by atoms with Gasteiger partial charge < -0.3 is 9.88 Å². The number of amides is 1. The van der Waals surface area contributed by atoms with E-state index in [2.05, 4.69) is 9.88 Å². The number of para-hydroxylation sites is 2. The Bertz CT molecular complexity index is 1160. The summed E-state index contributed by atoms with van der Waals surface area (Å²) in [6.07, 6.45) is 0.610. The second-order valence-electron chi connectivity index (χ2n) is 6.71. The molecule has 1 N–H and O–H groups in total. The van der Waals surface area contributed by atoms with E-state index in [0.29, 0.717) is 35.1 Å². The van der Waals surface area contributed by atoms with Gasteiger partial charge in [-0.05, 0) is 42.0 Å². The highest BCUT2D eigenvalue weighted by Crippen LogP contribution is 2.24. The molecule has 1 heterocycles. The van der Waals surface area contributed by atoms with Crippen LogP contribution < -0.4 is 5.32 Å². The molecule has 29 heavy (non-hydrogen) atoms. The molecule has 4 rings (SSSR count). The van der Waals surface area contributed by atoms with E-state index in [4.69, 9.17) is 28.2 Å². The first kappa shape index (κ1) is 19.5. The molecular weight excluding hydrogens is 405 g/mol. The van der Waals surface area contributed by atoms with E-state index in [1.54, 1.807) is 18.2 Å². The van der Waals surface area contributed by atoms with Crippen molar-refractivity contribution < 1.29 is 4.79 Å². The van der Waals surface area contributed by atoms with Gasteiger partial charge in [0, 0.05) is 28.6 Å². The van der Waals surface area contributed by atoms with Gasteiger partial charge in [0.25, 0.3) is 5.91 Å². The molecule has 0 fully saturated rings. The number of nitrogens with zero attached hydrogens (tertiary/aromatic N) is 2. The summed E-state index contributed by atoms with van der Waals surface area (Å²) in [5.41, 5.74) is 3.56. The number of carbonyl (C=O) groups excluding carboxylic acids is 1. The average Bonchev–Trinajstić information content (AvgIpc) is 3.08. The zero-order valence-corrected chi connectivity index (χ0v) is 17.1. The topological polar surface area (TPSA) is 46.9 Å². The summed E-state index contributed by atoms with van der Waals surface area (Å²) in [6, 6.07) is 22.7. The first-order chi connectivity index (χ1) is 14.1. The molecule has 0 atom stereocenters. The fraction of sp³-hybridized carbons (Fsp3) is 0.130. The lowest BCUT2D eigenvalue weighted by molar-refractivity contribution is 0.0954. The number of hydrogen-bond donors (Lipinski definition) is 1. The summed E-state index contributed by atoms with van der Waals surface area (Å²) in [5.74, 6) is 0.805. The van der Waals surface area contributed by atoms with Crippen molar-refractivity contribution in [1.82, 2.24) is 14.9 Å². The van der Waals surface area contributed by atoms with Crippen LogP contribution in [0.5, 0.6) is 0 Å². The Labute approximate surface area is 179 Å². The number of fused-ring (bicyclic) bond motifs is 1. The average molecular weight is 424 g/mol. The lowest BCUT2D eigenvalue weighted by Gasteiger charge is -2.12. The summed E-state index contributed by atoms with van der Waals surface area (Å²) in [5, 5.41) is 4.20. The van der Waals surface area contributed by atoms with Crippen molar-refractivity contribution in [3.8, 4) is 0 Å². The zero-order valence-electron chi connectivity index (χ0n) is 15.6. The molecule has 0 bridgehead atoms. The third kappa shape index (κ3) is 4.44. The molecule has 146 valence electrons. The lowest BCUT2D eigenvalue weighted by Crippen LogP contribution is -2.26. The van der Waals surface area contributed by atoms with Gasteiger partial charge >= 0.3 is 0 Å². The van der Waals surface area contributed by atoms with Crippen LogP contribution in [0.25, 0.3) is 11.0 Å². The largest absolute Gasteiger partial charge is 0.352 e. The standard InChI is InChI=1S/C23H19Cl2N3O/c24-18-11-10-17(19(25)14-18)15-28-21-9-5-4-8-20(21)27-22(28)12-13-26-23(29)16-6-2-1-3-7-16/h1-11,14H,12-13,15H2,(H,26,29). The minimum Gasteiger partial charge on any atom is -0.352 e. The van der Waals surface area contributed by atoms with Crippen molar-refractivity contribution in [3.05, 3.63) is 99.8 Å². The summed E-state index contributed by atoms with van der Waals surface area (Å²) in [7, 11) is 0. The van der Waals surface area contributed by atoms with E-state index < -0.39 is 0 Å². The molecule has 3 aromatic carbocycles. The Morgan fingerprint density at radius 3 is 2.52 bits per heavy atom. The van der Waals surface area contributed by atoms with Crippen LogP contribution in [0.1, 0.15) is 21.7 Å². The number of nitrogens with one attached hydrogen (secondary N) is 1. The van der Waals surface area contributed by atoms with Crippen LogP contribution in [0.15, 0.2) is 72.8 Å². The maximum Gasteiger partial charge on any atom is 0.251 e. The summed E-state index contributed by atoms with van der Waals surface area (Å²) in [4.78, 5) is 17.1. The molecule has 4 nitrogen and oxygen atoms in total. The summed E-state index contributed by atoms with van der Waals surface area (Å²) >= 11 is 12.4. The summed E-state index contributed by atoms with van der Waals surface area (Å²) in [6.45, 7) is 1.07. The molecular formula is C23H19Cl2N3O. The van der Waals surface area contributed by atoms with Gasteiger partial charge in [0.15, 0.2) is 0 Å². The maximum atomic E-state index is 12.3. The number of rotatable bonds is 6. The number of imidazole rings is 1. The van der Waals surface area contributed by atoms with E-state index in [0.717, 1.165) is 22.4 Å². The molecule has 0 spiro atoms. The van der Waals surface area contributed by atoms with Crippen molar-refractivity contribution in [2.75, 3.05) is 6.54 Å². The predicted octanol–water partition coefficient (Wildman–Crippen LogP) is 5.36. The van der Waals surface area contributed by atoms with Crippen molar-refractivity contribution in [3.63, 3.8) is 0 Å². The zero-order chi connectivity index (χ0) is 20.2. The molecule has 0 saturated heterocycles. The molecule has 0 aliphatic heterocycles. The van der Waals surface area contributed by atoms with E-state index >= 15 is 0 Å². The molecule has 1 amide bonds. The number of hydrogen-bond acceptors (Lipinski definition) is 2. The predicted molar refractivity (Wildman–Crippen MR) is 118 cm³/mol. The fourth-order valence-electron chi connectivity index (χ4n) is 3.29. The van der Waals surface area contributed by atoms with Gasteiger partial charge in [-0.2, -0.15) is 0 Å². The quantitative estimate of drug-likeness (QED) is 0.453. The van der Waals surface area contributed by atoms with E-state index in [1.807, 2.05) is 54.6 Å². The Morgan fingerprint density at radius 1 is 0.966 bits per heavy atom. The minimum absolute atomic E-state index is 0.0889. The molecule has 0 aliphatic carbocycles. The van der Waals surface area contributed by atoms with Crippen LogP contribution in [-0.2, 0) is 13.0 Å². The first-order valence-corrected chi connectivity index (χ1v) is 10.1. The lowest BCUT2D eigenvalue weighted by atomic mass is 10.2. The van der Waals surface area contributed by atoms with Crippen molar-refractivity contribution >= 4 is 40.1 Å². The number of benzene rings is 3. The van der Waals surface area contributed by atoms with Gasteiger partial charge in [-0.3, -0.25) is 4.79 Å². The van der Waals surface area contributed by atoms with E-state index in [9.17, 15) is 4.79 Å². The van der Waals surface area contributed by atoms with Gasteiger partial charge in [0.2, 0.25) is 0 Å². The maximum absolute atomic E-state index is 12.3. The van der Waals surface area contributed by atoms with Gasteiger partial charge in [0.05, 0.1) is 17.6 Å². The van der Waals surface area contributed by atoms with Crippen molar-refractivity contribution in [2.45, 2.75) is 13.0 Å². The van der Waals surface area contributed by atoms with Gasteiger partial charge in [-0.1, -0.05) is 59.6 Å². The van der Waals surface area contributed by atoms with Gasteiger partial charge in [0.1, 0.15) is 5.82 Å². The highest BCUT2D eigenvalue weighted by Gasteiger charge is 2.13. The molecule has 6 heteroatoms. The Hall–Kier alpha value is -2.82. The van der Waals surface area contributed by atoms with Crippen molar-refractivity contribution in [1.29, 1.82) is 0 Å². The molecule has 0 unspecified atom stereocenters. The van der Waals surface area contributed by atoms with Crippen LogP contribution in [0.4, 0.5) is 0 Å². The van der Waals surface area contributed by atoms with Crippen LogP contribution in [-0.4, -0.2) is 22.0 Å². The third-order valence-electron chi connectivity index (χ3n) is 4.75. The van der Waals surface area contributed by atoms with E-state index in [-0.39, 0.29) is 5.91 Å². The molecule has 1 aromatic heterocycles. The Balaban J connectivity index is 1.56. The molecule has 4 aromatic rings. The van der Waals surface area contributed by atoms with Crippen LogP contribution >= 0.6 is 23.2 Å². The monoisotopic (exact) mass is 423 g/mol. The fourth-order valence-corrected chi connectivity index (χ4v) is 3.76. The third-order valence-corrected chi connectivity index (χ3v) is 5.33. The van der Waals surface area contributed by atoms with Crippen LogP contribution in [0.2, 0.25) is 10.0 Å². The second-order valence-corrected chi connectivity index (χ2v) is 7.55. The van der Waals surface area contributed by atoms with Crippen molar-refractivity contribution in [2.24, 2.45) is 0 Å². The molecule has 0 radical (unpaired) electrons. The highest BCUT2D eigenvalue weighted by atomic mass is 35.5. The normalized spacial score (nSPS) is 11.0. The molecule has 0 saturated carbocycles. The van der Waals surface area contributed by atoms with Gasteiger partial charge in [-0.15, -0.1) is 0 Å². The SMILES string of the molecule is O=C(NCCc1nc2ccccc2n1Cc1ccc(Cl)cc1Cl)c1ccccc1. The first-order valence-electron chi connectivity index (χ1n) is 9.33. The van der Waals surface area contributed by atoms with Crippen LogP contribution in [0.3, 0.4) is 0 Å². The number of carbonyl (C=O) groups is 1. The number of aromatic nitrogens is 2. The Morgan fingerprint density at radius 2 is 1.72 bits per heavy atom. The minimum atomic E-state index is -0.0889. The van der Waals surface area contributed by atoms with Gasteiger partial charge in [-0.25, -0.2) is 4.98 Å².